The standard InChI is InChI=1S/C14H19NO/c1-2-4-13-12(3-1)9-15-10-14(13)11-5-7-16-8-6-11/h1-4,11,14-15H,5-10H2. The van der Waals surface area contributed by atoms with Crippen molar-refractivity contribution >= 4 is 0 Å². The highest BCUT2D eigenvalue weighted by Gasteiger charge is 2.28. The molecule has 0 spiro atoms. The van der Waals surface area contributed by atoms with Gasteiger partial charge in [0.1, 0.15) is 0 Å². The summed E-state index contributed by atoms with van der Waals surface area (Å²) in [4.78, 5) is 0. The first kappa shape index (κ1) is 10.3. The second kappa shape index (κ2) is 4.56. The number of benzene rings is 1. The van der Waals surface area contributed by atoms with Gasteiger partial charge in [-0.2, -0.15) is 0 Å². The molecular formula is C14H19NO. The second-order valence-electron chi connectivity index (χ2n) is 4.89. The Bertz CT molecular complexity index is 358. The molecule has 86 valence electrons. The first-order valence-corrected chi connectivity index (χ1v) is 6.31. The van der Waals surface area contributed by atoms with E-state index in [0.717, 1.165) is 32.2 Å². The molecule has 1 aromatic carbocycles. The summed E-state index contributed by atoms with van der Waals surface area (Å²) in [6.45, 7) is 4.07. The lowest BCUT2D eigenvalue weighted by molar-refractivity contribution is 0.0568. The summed E-state index contributed by atoms with van der Waals surface area (Å²) < 4.78 is 5.46. The van der Waals surface area contributed by atoms with Gasteiger partial charge in [0.05, 0.1) is 0 Å². The first-order valence-electron chi connectivity index (χ1n) is 6.31. The minimum absolute atomic E-state index is 0.703. The highest BCUT2D eigenvalue weighted by atomic mass is 16.5. The van der Waals surface area contributed by atoms with Gasteiger partial charge in [-0.15, -0.1) is 0 Å². The van der Waals surface area contributed by atoms with Crippen molar-refractivity contribution in [3.8, 4) is 0 Å². The maximum Gasteiger partial charge on any atom is 0.0468 e. The van der Waals surface area contributed by atoms with Crippen LogP contribution in [0.1, 0.15) is 29.9 Å². The fourth-order valence-corrected chi connectivity index (χ4v) is 3.07. The summed E-state index contributed by atoms with van der Waals surface area (Å²) in [7, 11) is 0. The molecule has 1 aromatic rings. The monoisotopic (exact) mass is 217 g/mol. The highest BCUT2D eigenvalue weighted by Crippen LogP contribution is 2.35. The lowest BCUT2D eigenvalue weighted by atomic mass is 9.78. The van der Waals surface area contributed by atoms with E-state index < -0.39 is 0 Å². The van der Waals surface area contributed by atoms with Gasteiger partial charge >= 0.3 is 0 Å². The summed E-state index contributed by atoms with van der Waals surface area (Å²) in [6, 6.07) is 8.90. The zero-order chi connectivity index (χ0) is 10.8. The summed E-state index contributed by atoms with van der Waals surface area (Å²) in [5.41, 5.74) is 3.07. The molecule has 16 heavy (non-hydrogen) atoms. The third kappa shape index (κ3) is 1.87. The number of nitrogens with one attached hydrogen (secondary N) is 1. The average Bonchev–Trinajstić information content (AvgIpc) is 2.39. The van der Waals surface area contributed by atoms with E-state index in [2.05, 4.69) is 29.6 Å². The molecule has 0 saturated carbocycles. The normalized spacial score (nSPS) is 26.4. The van der Waals surface area contributed by atoms with Gasteiger partial charge in [0.2, 0.25) is 0 Å². The summed E-state index contributed by atoms with van der Waals surface area (Å²) in [6.07, 6.45) is 2.45. The van der Waals surface area contributed by atoms with Crippen molar-refractivity contribution in [1.82, 2.24) is 5.32 Å². The van der Waals surface area contributed by atoms with Crippen molar-refractivity contribution in [1.29, 1.82) is 0 Å². The van der Waals surface area contributed by atoms with Crippen LogP contribution in [0.2, 0.25) is 0 Å². The smallest absolute Gasteiger partial charge is 0.0468 e. The van der Waals surface area contributed by atoms with Gasteiger partial charge in [0, 0.05) is 26.3 Å². The molecule has 2 heteroatoms. The Morgan fingerprint density at radius 1 is 1.12 bits per heavy atom. The molecule has 1 fully saturated rings. The Morgan fingerprint density at radius 2 is 1.94 bits per heavy atom. The van der Waals surface area contributed by atoms with Crippen molar-refractivity contribution in [3.63, 3.8) is 0 Å². The minimum Gasteiger partial charge on any atom is -0.381 e. The Balaban J connectivity index is 1.86. The fraction of sp³-hybridized carbons (Fsp3) is 0.571. The number of hydrogen-bond acceptors (Lipinski definition) is 2. The highest BCUT2D eigenvalue weighted by molar-refractivity contribution is 5.33. The Kier molecular flexibility index (Phi) is 2.94. The van der Waals surface area contributed by atoms with Gasteiger partial charge in [-0.25, -0.2) is 0 Å². The van der Waals surface area contributed by atoms with Crippen LogP contribution in [-0.2, 0) is 11.3 Å². The largest absolute Gasteiger partial charge is 0.381 e. The van der Waals surface area contributed by atoms with Crippen LogP contribution < -0.4 is 5.32 Å². The van der Waals surface area contributed by atoms with E-state index in [1.807, 2.05) is 0 Å². The maximum atomic E-state index is 5.46. The van der Waals surface area contributed by atoms with E-state index in [-0.39, 0.29) is 0 Å². The molecule has 2 heterocycles. The molecule has 2 aliphatic heterocycles. The van der Waals surface area contributed by atoms with Crippen LogP contribution in [0.4, 0.5) is 0 Å². The van der Waals surface area contributed by atoms with Crippen molar-refractivity contribution in [2.45, 2.75) is 25.3 Å². The summed E-state index contributed by atoms with van der Waals surface area (Å²) in [5, 5.41) is 3.55. The lowest BCUT2D eigenvalue weighted by Gasteiger charge is -2.35. The second-order valence-corrected chi connectivity index (χ2v) is 4.89. The molecule has 2 nitrogen and oxygen atoms in total. The van der Waals surface area contributed by atoms with Crippen LogP contribution in [0.25, 0.3) is 0 Å². The van der Waals surface area contributed by atoms with Gasteiger partial charge in [-0.3, -0.25) is 0 Å². The zero-order valence-corrected chi connectivity index (χ0v) is 9.61. The quantitative estimate of drug-likeness (QED) is 0.779. The third-order valence-electron chi connectivity index (χ3n) is 3.97. The van der Waals surface area contributed by atoms with Crippen molar-refractivity contribution in [2.75, 3.05) is 19.8 Å². The van der Waals surface area contributed by atoms with Gasteiger partial charge < -0.3 is 10.1 Å². The molecule has 0 amide bonds. The predicted octanol–water partition coefficient (Wildman–Crippen LogP) is 2.30. The van der Waals surface area contributed by atoms with E-state index in [4.69, 9.17) is 4.74 Å². The van der Waals surface area contributed by atoms with Crippen LogP contribution >= 0.6 is 0 Å². The molecule has 0 aromatic heterocycles. The number of ether oxygens (including phenoxy) is 1. The summed E-state index contributed by atoms with van der Waals surface area (Å²) >= 11 is 0. The van der Waals surface area contributed by atoms with Crippen LogP contribution in [0, 0.1) is 5.92 Å². The van der Waals surface area contributed by atoms with Crippen LogP contribution in [0.5, 0.6) is 0 Å². The topological polar surface area (TPSA) is 21.3 Å². The zero-order valence-electron chi connectivity index (χ0n) is 9.61. The molecule has 0 aliphatic carbocycles. The van der Waals surface area contributed by atoms with E-state index in [1.165, 1.54) is 18.4 Å². The van der Waals surface area contributed by atoms with Crippen molar-refractivity contribution in [2.24, 2.45) is 5.92 Å². The molecule has 0 bridgehead atoms. The maximum absolute atomic E-state index is 5.46. The van der Waals surface area contributed by atoms with E-state index in [9.17, 15) is 0 Å². The third-order valence-corrected chi connectivity index (χ3v) is 3.97. The van der Waals surface area contributed by atoms with E-state index in [0.29, 0.717) is 5.92 Å². The molecule has 1 atom stereocenters. The van der Waals surface area contributed by atoms with Crippen LogP contribution in [-0.4, -0.2) is 19.8 Å². The molecule has 3 rings (SSSR count). The molecule has 1 saturated heterocycles. The molecular weight excluding hydrogens is 198 g/mol. The summed E-state index contributed by atoms with van der Waals surface area (Å²) in [5.74, 6) is 1.51. The van der Waals surface area contributed by atoms with Gasteiger partial charge in [-0.05, 0) is 35.8 Å². The molecule has 0 radical (unpaired) electrons. The Hall–Kier alpha value is -0.860. The number of hydrogen-bond donors (Lipinski definition) is 1. The fourth-order valence-electron chi connectivity index (χ4n) is 3.07. The van der Waals surface area contributed by atoms with Crippen molar-refractivity contribution in [3.05, 3.63) is 35.4 Å². The van der Waals surface area contributed by atoms with Gasteiger partial charge in [0.15, 0.2) is 0 Å². The van der Waals surface area contributed by atoms with Gasteiger partial charge in [-0.1, -0.05) is 24.3 Å². The van der Waals surface area contributed by atoms with E-state index >= 15 is 0 Å². The van der Waals surface area contributed by atoms with E-state index in [1.54, 1.807) is 5.56 Å². The van der Waals surface area contributed by atoms with Crippen LogP contribution in [0.3, 0.4) is 0 Å². The van der Waals surface area contributed by atoms with Crippen LogP contribution in [0.15, 0.2) is 24.3 Å². The van der Waals surface area contributed by atoms with Crippen molar-refractivity contribution < 1.29 is 4.74 Å². The molecule has 1 N–H and O–H groups in total. The minimum atomic E-state index is 0.703. The number of rotatable bonds is 1. The number of fused-ring (bicyclic) bond motifs is 1. The molecule has 1 unspecified atom stereocenters. The SMILES string of the molecule is c1ccc2c(c1)CNCC2C1CCOCC1. The molecule has 2 aliphatic rings. The first-order chi connectivity index (χ1) is 7.95. The Labute approximate surface area is 97.0 Å². The lowest BCUT2D eigenvalue weighted by Crippen LogP contribution is -2.34. The average molecular weight is 217 g/mol. The predicted molar refractivity (Wildman–Crippen MR) is 64.4 cm³/mol. The van der Waals surface area contributed by atoms with Gasteiger partial charge in [0.25, 0.3) is 0 Å². The Morgan fingerprint density at radius 3 is 2.81 bits per heavy atom.